The second-order valence-electron chi connectivity index (χ2n) is 5.02. The summed E-state index contributed by atoms with van der Waals surface area (Å²) in [4.78, 5) is 6.44. The van der Waals surface area contributed by atoms with Gasteiger partial charge in [0.1, 0.15) is 4.58 Å². The van der Waals surface area contributed by atoms with Crippen molar-refractivity contribution in [2.45, 2.75) is 51.3 Å². The number of nitrogens with zero attached hydrogens (tertiary/aromatic N) is 3. The van der Waals surface area contributed by atoms with E-state index in [1.165, 1.54) is 16.1 Å². The molecule has 0 aromatic carbocycles. The normalized spacial score (nSPS) is 26.3. The summed E-state index contributed by atoms with van der Waals surface area (Å²) >= 11 is 6.72. The van der Waals surface area contributed by atoms with Crippen LogP contribution in [-0.2, 0) is 0 Å². The highest BCUT2D eigenvalue weighted by Gasteiger charge is 2.39. The van der Waals surface area contributed by atoms with Gasteiger partial charge < -0.3 is 4.90 Å². The molecule has 1 aliphatic heterocycles. The molecule has 1 saturated heterocycles. The molecule has 0 saturated carbocycles. The molecule has 0 aliphatic carbocycles. The van der Waals surface area contributed by atoms with Gasteiger partial charge in [0.05, 0.1) is 0 Å². The smallest absolute Gasteiger partial charge is 0.198 e. The zero-order valence-corrected chi connectivity index (χ0v) is 14.6. The summed E-state index contributed by atoms with van der Waals surface area (Å²) in [6, 6.07) is 0.512. The lowest BCUT2D eigenvalue weighted by atomic mass is 10.2. The van der Waals surface area contributed by atoms with Gasteiger partial charge in [-0.3, -0.25) is 13.4 Å². The van der Waals surface area contributed by atoms with Crippen molar-refractivity contribution in [3.05, 3.63) is 0 Å². The summed E-state index contributed by atoms with van der Waals surface area (Å²) in [5.41, 5.74) is 0. The summed E-state index contributed by atoms with van der Waals surface area (Å²) in [5, 5.41) is 1.06. The van der Waals surface area contributed by atoms with Crippen LogP contribution in [0.1, 0.15) is 34.6 Å². The fourth-order valence-electron chi connectivity index (χ4n) is 1.90. The number of rotatable bonds is 2. The molecule has 1 atom stereocenters. The van der Waals surface area contributed by atoms with Gasteiger partial charge in [-0.05, 0) is 46.8 Å². The maximum Gasteiger partial charge on any atom is 0.198 e. The lowest BCUT2D eigenvalue weighted by Gasteiger charge is -2.37. The number of amidine groups is 1. The van der Waals surface area contributed by atoms with E-state index < -0.39 is 10.8 Å². The zero-order chi connectivity index (χ0) is 15.0. The minimum absolute atomic E-state index is 0.256. The van der Waals surface area contributed by atoms with Crippen LogP contribution < -0.4 is 0 Å². The largest absolute Gasteiger partial charge is 0.343 e. The monoisotopic (exact) mass is 325 g/mol. The first-order valence-corrected chi connectivity index (χ1v) is 9.03. The maximum atomic E-state index is 9.98. The first-order chi connectivity index (χ1) is 8.59. The molecule has 0 spiro atoms. The van der Waals surface area contributed by atoms with Crippen LogP contribution in [0.2, 0.25) is 0 Å². The number of hydrogen-bond donors (Lipinski definition) is 2. The van der Waals surface area contributed by atoms with Crippen molar-refractivity contribution in [3.8, 4) is 0 Å². The van der Waals surface area contributed by atoms with Crippen molar-refractivity contribution in [2.75, 3.05) is 7.05 Å². The van der Waals surface area contributed by atoms with E-state index in [9.17, 15) is 9.11 Å². The minimum Gasteiger partial charge on any atom is -0.343 e. The van der Waals surface area contributed by atoms with E-state index in [4.69, 9.17) is 12.2 Å². The van der Waals surface area contributed by atoms with Gasteiger partial charge in [0.2, 0.25) is 0 Å². The molecular weight excluding hydrogens is 302 g/mol. The van der Waals surface area contributed by atoms with Gasteiger partial charge in [-0.2, -0.15) is 4.99 Å². The Morgan fingerprint density at radius 1 is 1.37 bits per heavy atom. The number of hydrogen-bond acceptors (Lipinski definition) is 4. The summed E-state index contributed by atoms with van der Waals surface area (Å²) < 4.78 is 21.1. The molecule has 0 bridgehead atoms. The predicted molar refractivity (Wildman–Crippen MR) is 89.8 cm³/mol. The van der Waals surface area contributed by atoms with Crippen molar-refractivity contribution in [3.63, 3.8) is 0 Å². The molecule has 5 nitrogen and oxygen atoms in total. The third-order valence-electron chi connectivity index (χ3n) is 2.91. The molecule has 1 aliphatic rings. The van der Waals surface area contributed by atoms with Crippen LogP contribution in [-0.4, -0.2) is 52.3 Å². The van der Waals surface area contributed by atoms with Gasteiger partial charge in [-0.1, -0.05) is 11.8 Å². The van der Waals surface area contributed by atoms with E-state index in [1.807, 2.05) is 4.90 Å². The Balaban J connectivity index is 2.95. The zero-order valence-electron chi connectivity index (χ0n) is 12.2. The Morgan fingerprint density at radius 2 is 1.84 bits per heavy atom. The molecule has 0 aromatic rings. The molecule has 1 rings (SSSR count). The third kappa shape index (κ3) is 3.55. The molecule has 2 N–H and O–H groups in total. The van der Waals surface area contributed by atoms with Gasteiger partial charge in [-0.15, -0.1) is 10.8 Å². The Bertz CT molecular complexity index is 377. The van der Waals surface area contributed by atoms with Crippen molar-refractivity contribution in [1.29, 1.82) is 0 Å². The molecule has 0 aromatic heterocycles. The lowest BCUT2D eigenvalue weighted by molar-refractivity contribution is 0.294. The van der Waals surface area contributed by atoms with E-state index in [2.05, 4.69) is 32.7 Å². The van der Waals surface area contributed by atoms with E-state index in [-0.39, 0.29) is 16.7 Å². The lowest BCUT2D eigenvalue weighted by Crippen LogP contribution is -2.41. The Labute approximate surface area is 126 Å². The minimum atomic E-state index is -2.78. The van der Waals surface area contributed by atoms with Gasteiger partial charge in [-0.25, -0.2) is 0 Å². The fraction of sp³-hybridized carbons (Fsp3) is 0.818. The average molecular weight is 326 g/mol. The molecule has 1 fully saturated rings. The summed E-state index contributed by atoms with van der Waals surface area (Å²) in [7, 11) is -1.14. The Morgan fingerprint density at radius 3 is 2.16 bits per heavy atom. The first-order valence-electron chi connectivity index (χ1n) is 6.17. The van der Waals surface area contributed by atoms with Gasteiger partial charge >= 0.3 is 0 Å². The number of aliphatic imine (C=N–C) groups is 1. The molecule has 0 amide bonds. The van der Waals surface area contributed by atoms with Crippen LogP contribution in [0.25, 0.3) is 0 Å². The van der Waals surface area contributed by atoms with E-state index >= 15 is 0 Å². The maximum absolute atomic E-state index is 9.98. The Kier molecular flexibility index (Phi) is 5.53. The molecular formula is C11H23N3O2S3. The van der Waals surface area contributed by atoms with Crippen LogP contribution in [0.15, 0.2) is 4.99 Å². The van der Waals surface area contributed by atoms with Gasteiger partial charge in [0.25, 0.3) is 0 Å². The molecule has 8 heteroatoms. The summed E-state index contributed by atoms with van der Waals surface area (Å²) in [6.45, 7) is 10.0. The summed E-state index contributed by atoms with van der Waals surface area (Å²) in [6.07, 6.45) is 0. The van der Waals surface area contributed by atoms with Crippen molar-refractivity contribution in [1.82, 2.24) is 9.21 Å². The van der Waals surface area contributed by atoms with E-state index in [0.717, 1.165) is 0 Å². The second-order valence-corrected chi connectivity index (χ2v) is 9.36. The molecule has 0 radical (unpaired) electrons. The first kappa shape index (κ1) is 17.0. The van der Waals surface area contributed by atoms with Crippen LogP contribution in [0, 0.1) is 0 Å². The molecule has 19 heavy (non-hydrogen) atoms. The highest BCUT2D eigenvalue weighted by Crippen LogP contribution is 2.58. The Hall–Kier alpha value is -0.0200. The van der Waals surface area contributed by atoms with Gasteiger partial charge in [0.15, 0.2) is 10.3 Å². The summed E-state index contributed by atoms with van der Waals surface area (Å²) in [5.74, 6) is 0. The third-order valence-corrected chi connectivity index (χ3v) is 7.17. The standard InChI is InChI=1S/C11H23N3O2S3/c1-7(2)14(8(3)4)10(17)12-11-13(6)19(15,16)9(5)18-11/h7-9,15-16H,1-6H3. The van der Waals surface area contributed by atoms with Gasteiger partial charge in [0, 0.05) is 19.1 Å². The highest BCUT2D eigenvalue weighted by molar-refractivity contribution is 8.39. The van der Waals surface area contributed by atoms with E-state index in [0.29, 0.717) is 10.3 Å². The van der Waals surface area contributed by atoms with Crippen molar-refractivity contribution in [2.24, 2.45) is 4.99 Å². The quantitative estimate of drug-likeness (QED) is 0.759. The van der Waals surface area contributed by atoms with Crippen molar-refractivity contribution >= 4 is 45.0 Å². The van der Waals surface area contributed by atoms with Crippen LogP contribution in [0.3, 0.4) is 0 Å². The SMILES string of the molecule is CC(C)N(C(=S)N=C1SC(C)S(O)(O)N1C)C(C)C. The number of thiocarbonyl (C=S) groups is 1. The van der Waals surface area contributed by atoms with Crippen LogP contribution in [0.4, 0.5) is 0 Å². The molecule has 1 heterocycles. The average Bonchev–Trinajstić information content (AvgIpc) is 2.41. The molecule has 1 unspecified atom stereocenters. The predicted octanol–water partition coefficient (Wildman–Crippen LogP) is 3.44. The van der Waals surface area contributed by atoms with Crippen LogP contribution in [0.5, 0.6) is 0 Å². The van der Waals surface area contributed by atoms with Crippen LogP contribution >= 0.6 is 34.8 Å². The molecule has 112 valence electrons. The topological polar surface area (TPSA) is 59.3 Å². The highest BCUT2D eigenvalue weighted by atomic mass is 32.3. The second kappa shape index (κ2) is 6.17. The van der Waals surface area contributed by atoms with E-state index in [1.54, 1.807) is 14.0 Å². The number of thioether (sulfide) groups is 1. The fourth-order valence-corrected chi connectivity index (χ4v) is 5.39. The van der Waals surface area contributed by atoms with Crippen molar-refractivity contribution < 1.29 is 9.11 Å².